The number of nitrogens with one attached hydrogen (secondary N) is 2. The molecule has 2 amide bonds. The van der Waals surface area contributed by atoms with Crippen molar-refractivity contribution in [2.24, 2.45) is 0 Å². The van der Waals surface area contributed by atoms with Gasteiger partial charge in [-0.2, -0.15) is 0 Å². The van der Waals surface area contributed by atoms with Gasteiger partial charge >= 0.3 is 6.03 Å². The minimum Gasteiger partial charge on any atom is -0.481 e. The molecule has 0 atom stereocenters. The van der Waals surface area contributed by atoms with Crippen molar-refractivity contribution in [3.63, 3.8) is 0 Å². The smallest absolute Gasteiger partial charge is 0.315 e. The number of amides is 2. The van der Waals surface area contributed by atoms with Gasteiger partial charge in [-0.05, 0) is 18.4 Å². The molecule has 1 aromatic rings. The molecule has 16 heavy (non-hydrogen) atoms. The first kappa shape index (κ1) is 10.7. The molecule has 1 aliphatic rings. The van der Waals surface area contributed by atoms with Crippen molar-refractivity contribution in [1.82, 2.24) is 15.6 Å². The van der Waals surface area contributed by atoms with E-state index >= 15 is 0 Å². The number of aromatic nitrogens is 1. The number of carbonyl (C=O) groups is 1. The minimum absolute atomic E-state index is 0.113. The van der Waals surface area contributed by atoms with Gasteiger partial charge in [-0.25, -0.2) is 9.78 Å². The fourth-order valence-electron chi connectivity index (χ4n) is 1.28. The van der Waals surface area contributed by atoms with Crippen LogP contribution >= 0.6 is 0 Å². The van der Waals surface area contributed by atoms with Crippen molar-refractivity contribution in [3.8, 4) is 5.88 Å². The Morgan fingerprint density at radius 3 is 2.94 bits per heavy atom. The molecule has 0 aliphatic heterocycles. The Hall–Kier alpha value is -1.78. The highest BCUT2D eigenvalue weighted by Crippen LogP contribution is 2.18. The van der Waals surface area contributed by atoms with Crippen molar-refractivity contribution >= 4 is 6.03 Å². The maximum atomic E-state index is 11.3. The van der Waals surface area contributed by atoms with Gasteiger partial charge < -0.3 is 15.4 Å². The van der Waals surface area contributed by atoms with Crippen LogP contribution in [0.4, 0.5) is 4.79 Å². The highest BCUT2D eigenvalue weighted by atomic mass is 16.5. The number of hydrogen-bond acceptors (Lipinski definition) is 3. The van der Waals surface area contributed by atoms with Crippen LogP contribution in [-0.2, 0) is 6.54 Å². The first-order valence-corrected chi connectivity index (χ1v) is 5.31. The van der Waals surface area contributed by atoms with Gasteiger partial charge in [0.1, 0.15) is 0 Å². The fourth-order valence-corrected chi connectivity index (χ4v) is 1.28. The molecule has 1 heterocycles. The van der Waals surface area contributed by atoms with E-state index in [0.29, 0.717) is 18.5 Å². The van der Waals surface area contributed by atoms with E-state index in [2.05, 4.69) is 15.6 Å². The average Bonchev–Trinajstić information content (AvgIpc) is 3.11. The number of hydrogen-bond donors (Lipinski definition) is 2. The van der Waals surface area contributed by atoms with Crippen LogP contribution in [0.2, 0.25) is 0 Å². The number of carbonyl (C=O) groups excluding carboxylic acids is 1. The van der Waals surface area contributed by atoms with Crippen molar-refractivity contribution in [3.05, 3.63) is 23.9 Å². The quantitative estimate of drug-likeness (QED) is 0.798. The van der Waals surface area contributed by atoms with Crippen molar-refractivity contribution in [1.29, 1.82) is 0 Å². The van der Waals surface area contributed by atoms with E-state index in [-0.39, 0.29) is 6.03 Å². The lowest BCUT2D eigenvalue weighted by molar-refractivity contribution is 0.240. The summed E-state index contributed by atoms with van der Waals surface area (Å²) in [7, 11) is 1.57. The van der Waals surface area contributed by atoms with Crippen LogP contribution in [0.25, 0.3) is 0 Å². The molecule has 0 bridgehead atoms. The van der Waals surface area contributed by atoms with Crippen LogP contribution < -0.4 is 15.4 Å². The predicted molar refractivity (Wildman–Crippen MR) is 59.2 cm³/mol. The van der Waals surface area contributed by atoms with Crippen molar-refractivity contribution < 1.29 is 9.53 Å². The van der Waals surface area contributed by atoms with E-state index in [1.54, 1.807) is 19.4 Å². The zero-order chi connectivity index (χ0) is 11.4. The molecular weight excluding hydrogens is 206 g/mol. The summed E-state index contributed by atoms with van der Waals surface area (Å²) in [5.74, 6) is 0.575. The van der Waals surface area contributed by atoms with Crippen LogP contribution in [0, 0.1) is 0 Å². The zero-order valence-electron chi connectivity index (χ0n) is 9.19. The second-order valence-electron chi connectivity index (χ2n) is 3.81. The van der Waals surface area contributed by atoms with Gasteiger partial charge in [0.15, 0.2) is 0 Å². The summed E-state index contributed by atoms with van der Waals surface area (Å²) >= 11 is 0. The molecule has 86 valence electrons. The van der Waals surface area contributed by atoms with Gasteiger partial charge in [0.05, 0.1) is 7.11 Å². The third kappa shape index (κ3) is 3.12. The van der Waals surface area contributed by atoms with E-state index in [1.807, 2.05) is 6.07 Å². The van der Waals surface area contributed by atoms with Gasteiger partial charge in [-0.15, -0.1) is 0 Å². The molecule has 1 aliphatic carbocycles. The lowest BCUT2D eigenvalue weighted by Gasteiger charge is -2.06. The molecule has 1 aromatic heterocycles. The summed E-state index contributed by atoms with van der Waals surface area (Å²) in [4.78, 5) is 15.4. The average molecular weight is 221 g/mol. The standard InChI is InChI=1S/C11H15N3O2/c1-16-10-5-2-8(6-12-10)7-13-11(15)14-9-3-4-9/h2,5-6,9H,3-4,7H2,1H3,(H2,13,14,15). The van der Waals surface area contributed by atoms with Gasteiger partial charge in [-0.1, -0.05) is 6.07 Å². The summed E-state index contributed by atoms with van der Waals surface area (Å²) in [5, 5.41) is 5.63. The highest BCUT2D eigenvalue weighted by molar-refractivity contribution is 5.74. The zero-order valence-corrected chi connectivity index (χ0v) is 9.19. The third-order valence-electron chi connectivity index (χ3n) is 2.37. The van der Waals surface area contributed by atoms with Crippen LogP contribution in [-0.4, -0.2) is 24.2 Å². The first-order valence-electron chi connectivity index (χ1n) is 5.31. The molecule has 2 N–H and O–H groups in total. The number of methoxy groups -OCH3 is 1. The Balaban J connectivity index is 1.76. The Labute approximate surface area is 94.2 Å². The van der Waals surface area contributed by atoms with E-state index in [0.717, 1.165) is 18.4 Å². The van der Waals surface area contributed by atoms with Gasteiger partial charge in [0, 0.05) is 24.8 Å². The number of rotatable bonds is 4. The van der Waals surface area contributed by atoms with Crippen LogP contribution in [0.15, 0.2) is 18.3 Å². The molecule has 5 nitrogen and oxygen atoms in total. The molecule has 1 saturated carbocycles. The van der Waals surface area contributed by atoms with Crippen LogP contribution in [0.3, 0.4) is 0 Å². The monoisotopic (exact) mass is 221 g/mol. The number of nitrogens with zero attached hydrogens (tertiary/aromatic N) is 1. The predicted octanol–water partition coefficient (Wildman–Crippen LogP) is 1.05. The molecule has 5 heteroatoms. The van der Waals surface area contributed by atoms with E-state index < -0.39 is 0 Å². The maximum Gasteiger partial charge on any atom is 0.315 e. The molecule has 0 aromatic carbocycles. The SMILES string of the molecule is COc1ccc(CNC(=O)NC2CC2)cn1. The summed E-state index contributed by atoms with van der Waals surface area (Å²) in [6.45, 7) is 0.482. The summed E-state index contributed by atoms with van der Waals surface area (Å²) < 4.78 is 4.94. The maximum absolute atomic E-state index is 11.3. The van der Waals surface area contributed by atoms with Crippen molar-refractivity contribution in [2.75, 3.05) is 7.11 Å². The number of ether oxygens (including phenoxy) is 1. The number of pyridine rings is 1. The topological polar surface area (TPSA) is 63.2 Å². The fraction of sp³-hybridized carbons (Fsp3) is 0.455. The lowest BCUT2D eigenvalue weighted by Crippen LogP contribution is -2.36. The summed E-state index contributed by atoms with van der Waals surface area (Å²) in [6, 6.07) is 3.92. The van der Waals surface area contributed by atoms with Gasteiger partial charge in [0.25, 0.3) is 0 Å². The highest BCUT2D eigenvalue weighted by Gasteiger charge is 2.22. The van der Waals surface area contributed by atoms with Crippen LogP contribution in [0.1, 0.15) is 18.4 Å². The molecule has 1 fully saturated rings. The largest absolute Gasteiger partial charge is 0.481 e. The number of urea groups is 1. The van der Waals surface area contributed by atoms with E-state index in [1.165, 1.54) is 0 Å². The minimum atomic E-state index is -0.113. The molecule has 2 rings (SSSR count). The van der Waals surface area contributed by atoms with Gasteiger partial charge in [0.2, 0.25) is 5.88 Å². The van der Waals surface area contributed by atoms with Crippen molar-refractivity contribution in [2.45, 2.75) is 25.4 Å². The Morgan fingerprint density at radius 1 is 1.56 bits per heavy atom. The van der Waals surface area contributed by atoms with E-state index in [4.69, 9.17) is 4.74 Å². The lowest BCUT2D eigenvalue weighted by atomic mass is 10.3. The molecule has 0 saturated heterocycles. The summed E-state index contributed by atoms with van der Waals surface area (Å²) in [5.41, 5.74) is 0.951. The molecule has 0 unspecified atom stereocenters. The first-order chi connectivity index (χ1) is 7.78. The summed E-state index contributed by atoms with van der Waals surface area (Å²) in [6.07, 6.45) is 3.88. The third-order valence-corrected chi connectivity index (χ3v) is 2.37. The molecule has 0 radical (unpaired) electrons. The Morgan fingerprint density at radius 2 is 2.38 bits per heavy atom. The van der Waals surface area contributed by atoms with Crippen LogP contribution in [0.5, 0.6) is 5.88 Å². The molecular formula is C11H15N3O2. The Bertz CT molecular complexity index is 360. The Kier molecular flexibility index (Phi) is 3.24. The second kappa shape index (κ2) is 4.83. The van der Waals surface area contributed by atoms with Gasteiger partial charge in [-0.3, -0.25) is 0 Å². The second-order valence-corrected chi connectivity index (χ2v) is 3.81. The normalized spacial score (nSPS) is 14.3. The molecule has 0 spiro atoms. The van der Waals surface area contributed by atoms with E-state index in [9.17, 15) is 4.79 Å².